The Morgan fingerprint density at radius 3 is 2.56 bits per heavy atom. The zero-order chi connectivity index (χ0) is 22.5. The Kier molecular flexibility index (Phi) is 6.28. The molecule has 0 saturated carbocycles. The van der Waals surface area contributed by atoms with Gasteiger partial charge in [0.1, 0.15) is 5.69 Å². The average Bonchev–Trinajstić information content (AvgIpc) is 3.49. The molecule has 0 unspecified atom stereocenters. The molecule has 0 fully saturated rings. The van der Waals surface area contributed by atoms with Crippen molar-refractivity contribution in [1.82, 2.24) is 15.1 Å². The predicted molar refractivity (Wildman–Crippen MR) is 129 cm³/mol. The standard InChI is InChI=1S/C25H22N4O2S/c1-17-20(25(31)26-2)10-6-11-21(17)27-23(30)14-13-18-16-29(19-8-4-3-5-9-19)28-24(18)22-12-7-15-32-22/h3-16H,1-2H3,(H,26,31)(H,27,30)/b14-13+. The van der Waals surface area contributed by atoms with Crippen LogP contribution in [0.2, 0.25) is 0 Å². The Balaban J connectivity index is 1.60. The van der Waals surface area contributed by atoms with Gasteiger partial charge in [-0.25, -0.2) is 4.68 Å². The molecule has 160 valence electrons. The molecule has 4 rings (SSSR count). The number of carbonyl (C=O) groups is 2. The van der Waals surface area contributed by atoms with Gasteiger partial charge in [0.15, 0.2) is 0 Å². The lowest BCUT2D eigenvalue weighted by atomic mass is 10.1. The van der Waals surface area contributed by atoms with E-state index in [0.717, 1.165) is 21.8 Å². The summed E-state index contributed by atoms with van der Waals surface area (Å²) in [5.74, 6) is -0.477. The van der Waals surface area contributed by atoms with Gasteiger partial charge in [0.25, 0.3) is 5.91 Å². The normalized spacial score (nSPS) is 10.9. The zero-order valence-electron chi connectivity index (χ0n) is 17.7. The first-order valence-corrected chi connectivity index (χ1v) is 10.9. The van der Waals surface area contributed by atoms with Crippen molar-refractivity contribution in [2.75, 3.05) is 12.4 Å². The first kappa shape index (κ1) is 21.3. The summed E-state index contributed by atoms with van der Waals surface area (Å²) in [6, 6.07) is 19.1. The lowest BCUT2D eigenvalue weighted by Crippen LogP contribution is -2.20. The third-order valence-corrected chi connectivity index (χ3v) is 5.87. The number of rotatable bonds is 6. The summed E-state index contributed by atoms with van der Waals surface area (Å²) >= 11 is 1.60. The van der Waals surface area contributed by atoms with Gasteiger partial charge in [0.2, 0.25) is 5.91 Å². The zero-order valence-corrected chi connectivity index (χ0v) is 18.5. The van der Waals surface area contributed by atoms with Crippen LogP contribution in [0.25, 0.3) is 22.3 Å². The lowest BCUT2D eigenvalue weighted by Gasteiger charge is -2.10. The Morgan fingerprint density at radius 1 is 1.03 bits per heavy atom. The molecule has 2 heterocycles. The minimum absolute atomic E-state index is 0.192. The Labute approximate surface area is 190 Å². The molecule has 2 aromatic carbocycles. The summed E-state index contributed by atoms with van der Waals surface area (Å²) in [6.45, 7) is 1.81. The number of amides is 2. The van der Waals surface area contributed by atoms with E-state index in [0.29, 0.717) is 16.8 Å². The number of anilines is 1. The number of benzene rings is 2. The topological polar surface area (TPSA) is 76.0 Å². The van der Waals surface area contributed by atoms with Crippen LogP contribution in [0.5, 0.6) is 0 Å². The molecular formula is C25H22N4O2S. The number of carbonyl (C=O) groups excluding carboxylic acids is 2. The van der Waals surface area contributed by atoms with Crippen molar-refractivity contribution in [1.29, 1.82) is 0 Å². The number of nitrogens with zero attached hydrogens (tertiary/aromatic N) is 2. The average molecular weight is 443 g/mol. The van der Waals surface area contributed by atoms with Crippen LogP contribution in [0.4, 0.5) is 5.69 Å². The number of para-hydroxylation sites is 1. The number of aromatic nitrogens is 2. The predicted octanol–water partition coefficient (Wildman–Crippen LogP) is 4.92. The summed E-state index contributed by atoms with van der Waals surface area (Å²) < 4.78 is 1.81. The van der Waals surface area contributed by atoms with Crippen molar-refractivity contribution in [3.05, 3.63) is 95.0 Å². The SMILES string of the molecule is CNC(=O)c1cccc(NC(=O)/C=C/c2cn(-c3ccccc3)nc2-c2cccs2)c1C. The first-order valence-electron chi connectivity index (χ1n) is 10.1. The molecule has 0 aliphatic carbocycles. The molecule has 4 aromatic rings. The highest BCUT2D eigenvalue weighted by molar-refractivity contribution is 7.13. The molecule has 0 saturated heterocycles. The van der Waals surface area contributed by atoms with E-state index in [1.165, 1.54) is 6.08 Å². The van der Waals surface area contributed by atoms with E-state index >= 15 is 0 Å². The molecule has 0 radical (unpaired) electrons. The van der Waals surface area contributed by atoms with Gasteiger partial charge in [-0.15, -0.1) is 11.3 Å². The monoisotopic (exact) mass is 442 g/mol. The second-order valence-corrected chi connectivity index (χ2v) is 8.02. The molecule has 0 atom stereocenters. The van der Waals surface area contributed by atoms with Crippen molar-refractivity contribution >= 4 is 34.9 Å². The molecule has 0 spiro atoms. The maximum atomic E-state index is 12.6. The van der Waals surface area contributed by atoms with Crippen LogP contribution in [0, 0.1) is 6.92 Å². The van der Waals surface area contributed by atoms with E-state index in [1.54, 1.807) is 42.7 Å². The second kappa shape index (κ2) is 9.45. The molecule has 2 amide bonds. The highest BCUT2D eigenvalue weighted by Gasteiger charge is 2.13. The van der Waals surface area contributed by atoms with Gasteiger partial charge in [-0.3, -0.25) is 9.59 Å². The van der Waals surface area contributed by atoms with Gasteiger partial charge in [-0.05, 0) is 54.3 Å². The molecule has 0 aliphatic rings. The van der Waals surface area contributed by atoms with Crippen molar-refractivity contribution in [3.8, 4) is 16.3 Å². The fourth-order valence-electron chi connectivity index (χ4n) is 3.32. The summed E-state index contributed by atoms with van der Waals surface area (Å²) in [5.41, 5.74) is 4.42. The molecule has 0 aliphatic heterocycles. The van der Waals surface area contributed by atoms with E-state index in [4.69, 9.17) is 5.10 Å². The van der Waals surface area contributed by atoms with E-state index in [1.807, 2.05) is 65.6 Å². The maximum absolute atomic E-state index is 12.6. The number of hydrogen-bond donors (Lipinski definition) is 2. The smallest absolute Gasteiger partial charge is 0.251 e. The summed E-state index contributed by atoms with van der Waals surface area (Å²) in [7, 11) is 1.58. The van der Waals surface area contributed by atoms with Gasteiger partial charge >= 0.3 is 0 Å². The molecule has 2 aromatic heterocycles. The maximum Gasteiger partial charge on any atom is 0.251 e. The van der Waals surface area contributed by atoms with Crippen LogP contribution < -0.4 is 10.6 Å². The Bertz CT molecular complexity index is 1270. The van der Waals surface area contributed by atoms with E-state index < -0.39 is 0 Å². The Hall–Kier alpha value is -3.97. The molecule has 2 N–H and O–H groups in total. The van der Waals surface area contributed by atoms with Gasteiger partial charge in [0, 0.05) is 36.1 Å². The van der Waals surface area contributed by atoms with Crippen molar-refractivity contribution in [3.63, 3.8) is 0 Å². The van der Waals surface area contributed by atoms with E-state index in [-0.39, 0.29) is 11.8 Å². The fraction of sp³-hybridized carbons (Fsp3) is 0.0800. The molecular weight excluding hydrogens is 420 g/mol. The largest absolute Gasteiger partial charge is 0.355 e. The van der Waals surface area contributed by atoms with Crippen LogP contribution in [-0.2, 0) is 4.79 Å². The quantitative estimate of drug-likeness (QED) is 0.416. The summed E-state index contributed by atoms with van der Waals surface area (Å²) in [5, 5.41) is 12.2. The van der Waals surface area contributed by atoms with E-state index in [2.05, 4.69) is 10.6 Å². The minimum Gasteiger partial charge on any atom is -0.355 e. The summed E-state index contributed by atoms with van der Waals surface area (Å²) in [4.78, 5) is 25.7. The third kappa shape index (κ3) is 4.53. The molecule has 6 nitrogen and oxygen atoms in total. The highest BCUT2D eigenvalue weighted by Crippen LogP contribution is 2.28. The molecule has 7 heteroatoms. The number of thiophene rings is 1. The summed E-state index contributed by atoms with van der Waals surface area (Å²) in [6.07, 6.45) is 5.15. The Morgan fingerprint density at radius 2 is 1.84 bits per heavy atom. The van der Waals surface area contributed by atoms with Crippen LogP contribution in [0.15, 0.2) is 78.3 Å². The molecule has 0 bridgehead atoms. The number of nitrogens with one attached hydrogen (secondary N) is 2. The lowest BCUT2D eigenvalue weighted by molar-refractivity contribution is -0.111. The second-order valence-electron chi connectivity index (χ2n) is 7.07. The van der Waals surface area contributed by atoms with Crippen LogP contribution in [0.1, 0.15) is 21.5 Å². The number of hydrogen-bond acceptors (Lipinski definition) is 4. The highest BCUT2D eigenvalue weighted by atomic mass is 32.1. The van der Waals surface area contributed by atoms with Gasteiger partial charge in [0.05, 0.1) is 10.6 Å². The van der Waals surface area contributed by atoms with E-state index in [9.17, 15) is 9.59 Å². The van der Waals surface area contributed by atoms with Crippen LogP contribution in [-0.4, -0.2) is 28.6 Å². The van der Waals surface area contributed by atoms with Gasteiger partial charge < -0.3 is 10.6 Å². The first-order chi connectivity index (χ1) is 15.6. The van der Waals surface area contributed by atoms with Crippen LogP contribution in [0.3, 0.4) is 0 Å². The van der Waals surface area contributed by atoms with Crippen molar-refractivity contribution < 1.29 is 9.59 Å². The fourth-order valence-corrected chi connectivity index (χ4v) is 4.05. The van der Waals surface area contributed by atoms with Crippen molar-refractivity contribution in [2.45, 2.75) is 6.92 Å². The van der Waals surface area contributed by atoms with Gasteiger partial charge in [-0.1, -0.05) is 30.3 Å². The molecule has 32 heavy (non-hydrogen) atoms. The minimum atomic E-state index is -0.285. The van der Waals surface area contributed by atoms with Crippen LogP contribution >= 0.6 is 11.3 Å². The van der Waals surface area contributed by atoms with Crippen molar-refractivity contribution in [2.24, 2.45) is 0 Å². The van der Waals surface area contributed by atoms with Gasteiger partial charge in [-0.2, -0.15) is 5.10 Å². The third-order valence-electron chi connectivity index (χ3n) is 5.00.